The molecule has 0 spiro atoms. The van der Waals surface area contributed by atoms with Crippen LogP contribution >= 0.6 is 11.8 Å². The van der Waals surface area contributed by atoms with Crippen LogP contribution in [0.2, 0.25) is 0 Å². The molecule has 0 unspecified atom stereocenters. The van der Waals surface area contributed by atoms with E-state index in [1.807, 2.05) is 54.6 Å². The van der Waals surface area contributed by atoms with Crippen molar-refractivity contribution in [3.63, 3.8) is 0 Å². The monoisotopic (exact) mass is 441 g/mol. The molecular formula is C26H23N3O2S. The average molecular weight is 442 g/mol. The van der Waals surface area contributed by atoms with Gasteiger partial charge in [-0.3, -0.25) is 0 Å². The van der Waals surface area contributed by atoms with Crippen LogP contribution in [0.15, 0.2) is 84.0 Å². The van der Waals surface area contributed by atoms with E-state index in [1.165, 1.54) is 11.1 Å². The van der Waals surface area contributed by atoms with Crippen LogP contribution in [0.25, 0.3) is 33.4 Å². The first-order valence-corrected chi connectivity index (χ1v) is 11.3. The van der Waals surface area contributed by atoms with Crippen molar-refractivity contribution in [1.29, 1.82) is 0 Å². The SMILES string of the molecule is COc1ccc(-c2nc(SCc3cc4ccccc4[nH]3)[nH]c2-c2ccc(OC)cc2)cc1. The molecule has 0 radical (unpaired) electrons. The van der Waals surface area contributed by atoms with Gasteiger partial charge in [-0.2, -0.15) is 0 Å². The van der Waals surface area contributed by atoms with E-state index in [0.717, 1.165) is 50.4 Å². The molecule has 0 saturated heterocycles. The molecule has 5 nitrogen and oxygen atoms in total. The molecule has 0 aliphatic heterocycles. The molecular weight excluding hydrogens is 418 g/mol. The van der Waals surface area contributed by atoms with Gasteiger partial charge in [0.1, 0.15) is 11.5 Å². The van der Waals surface area contributed by atoms with Crippen LogP contribution < -0.4 is 9.47 Å². The second-order valence-corrected chi connectivity index (χ2v) is 8.36. The Labute approximate surface area is 190 Å². The number of fused-ring (bicyclic) bond motifs is 1. The topological polar surface area (TPSA) is 62.9 Å². The number of hydrogen-bond donors (Lipinski definition) is 2. The zero-order chi connectivity index (χ0) is 21.9. The van der Waals surface area contributed by atoms with Crippen molar-refractivity contribution in [3.8, 4) is 34.0 Å². The van der Waals surface area contributed by atoms with Crippen LogP contribution in [0.1, 0.15) is 5.69 Å². The minimum atomic E-state index is 0.798. The molecule has 5 aromatic rings. The quantitative estimate of drug-likeness (QED) is 0.282. The molecule has 0 saturated carbocycles. The Morgan fingerprint density at radius 2 is 1.44 bits per heavy atom. The van der Waals surface area contributed by atoms with Gasteiger partial charge in [-0.1, -0.05) is 30.0 Å². The maximum absolute atomic E-state index is 5.32. The van der Waals surface area contributed by atoms with Crippen LogP contribution in [0.3, 0.4) is 0 Å². The number of nitrogens with one attached hydrogen (secondary N) is 2. The van der Waals surface area contributed by atoms with Gasteiger partial charge in [0.2, 0.25) is 0 Å². The third-order valence-electron chi connectivity index (χ3n) is 5.37. The fourth-order valence-corrected chi connectivity index (χ4v) is 4.48. The standard InChI is InChI=1S/C26H23N3O2S/c1-30-21-11-7-17(8-12-21)24-25(18-9-13-22(31-2)14-10-18)29-26(28-24)32-16-20-15-19-5-3-4-6-23(19)27-20/h3-15,27H,16H2,1-2H3,(H,28,29). The summed E-state index contributed by atoms with van der Waals surface area (Å²) in [6.07, 6.45) is 0. The normalized spacial score (nSPS) is 11.1. The van der Waals surface area contributed by atoms with Gasteiger partial charge in [0.05, 0.1) is 25.6 Å². The van der Waals surface area contributed by atoms with E-state index in [1.54, 1.807) is 26.0 Å². The largest absolute Gasteiger partial charge is 0.497 e. The van der Waals surface area contributed by atoms with Gasteiger partial charge in [-0.05, 0) is 66.0 Å². The van der Waals surface area contributed by atoms with E-state index in [0.29, 0.717) is 0 Å². The Hall–Kier alpha value is -3.64. The molecule has 0 amide bonds. The van der Waals surface area contributed by atoms with E-state index in [4.69, 9.17) is 14.5 Å². The van der Waals surface area contributed by atoms with Gasteiger partial charge < -0.3 is 19.4 Å². The lowest BCUT2D eigenvalue weighted by Gasteiger charge is -2.06. The molecule has 6 heteroatoms. The van der Waals surface area contributed by atoms with Gasteiger partial charge in [0.25, 0.3) is 0 Å². The number of ether oxygens (including phenoxy) is 2. The highest BCUT2D eigenvalue weighted by molar-refractivity contribution is 7.98. The number of aromatic nitrogens is 3. The lowest BCUT2D eigenvalue weighted by Crippen LogP contribution is -1.87. The Kier molecular flexibility index (Phi) is 5.60. The van der Waals surface area contributed by atoms with Crippen molar-refractivity contribution >= 4 is 22.7 Å². The predicted octanol–water partition coefficient (Wildman–Crippen LogP) is 6.53. The molecule has 2 aromatic heterocycles. The number of imidazole rings is 1. The summed E-state index contributed by atoms with van der Waals surface area (Å²) in [6.45, 7) is 0. The predicted molar refractivity (Wildman–Crippen MR) is 130 cm³/mol. The number of hydrogen-bond acceptors (Lipinski definition) is 4. The number of aromatic amines is 2. The molecule has 2 N–H and O–H groups in total. The summed E-state index contributed by atoms with van der Waals surface area (Å²) in [7, 11) is 3.35. The molecule has 0 aliphatic rings. The molecule has 32 heavy (non-hydrogen) atoms. The molecule has 0 aliphatic carbocycles. The number of benzene rings is 3. The maximum atomic E-state index is 5.32. The number of methoxy groups -OCH3 is 2. The van der Waals surface area contributed by atoms with E-state index < -0.39 is 0 Å². The van der Waals surface area contributed by atoms with Crippen molar-refractivity contribution in [1.82, 2.24) is 15.0 Å². The van der Waals surface area contributed by atoms with Gasteiger partial charge >= 0.3 is 0 Å². The third kappa shape index (κ3) is 4.09. The summed E-state index contributed by atoms with van der Waals surface area (Å²) in [5.74, 6) is 2.45. The molecule has 2 heterocycles. The van der Waals surface area contributed by atoms with Crippen LogP contribution in [0.4, 0.5) is 0 Å². The van der Waals surface area contributed by atoms with Crippen LogP contribution in [-0.4, -0.2) is 29.2 Å². The smallest absolute Gasteiger partial charge is 0.166 e. The van der Waals surface area contributed by atoms with E-state index in [2.05, 4.69) is 34.2 Å². The van der Waals surface area contributed by atoms with E-state index >= 15 is 0 Å². The van der Waals surface area contributed by atoms with Gasteiger partial charge in [0, 0.05) is 28.1 Å². The summed E-state index contributed by atoms with van der Waals surface area (Å²) in [4.78, 5) is 12.0. The maximum Gasteiger partial charge on any atom is 0.166 e. The third-order valence-corrected chi connectivity index (χ3v) is 6.30. The molecule has 0 fully saturated rings. The highest BCUT2D eigenvalue weighted by Crippen LogP contribution is 2.35. The van der Waals surface area contributed by atoms with Crippen molar-refractivity contribution in [3.05, 3.63) is 84.6 Å². The Balaban J connectivity index is 1.47. The molecule has 5 rings (SSSR count). The minimum Gasteiger partial charge on any atom is -0.497 e. The second kappa shape index (κ2) is 8.85. The van der Waals surface area contributed by atoms with Gasteiger partial charge in [-0.15, -0.1) is 0 Å². The van der Waals surface area contributed by atoms with E-state index in [9.17, 15) is 0 Å². The molecule has 0 bridgehead atoms. The van der Waals surface area contributed by atoms with Crippen molar-refractivity contribution in [2.24, 2.45) is 0 Å². The lowest BCUT2D eigenvalue weighted by molar-refractivity contribution is 0.414. The highest BCUT2D eigenvalue weighted by Gasteiger charge is 2.15. The van der Waals surface area contributed by atoms with Crippen LogP contribution in [0.5, 0.6) is 11.5 Å². The summed E-state index contributed by atoms with van der Waals surface area (Å²) in [6, 6.07) is 26.5. The summed E-state index contributed by atoms with van der Waals surface area (Å²) in [5.41, 5.74) is 6.31. The van der Waals surface area contributed by atoms with Crippen LogP contribution in [-0.2, 0) is 5.75 Å². The fourth-order valence-electron chi connectivity index (χ4n) is 3.70. The zero-order valence-electron chi connectivity index (χ0n) is 17.9. The minimum absolute atomic E-state index is 0.798. The molecule has 0 atom stereocenters. The fraction of sp³-hybridized carbons (Fsp3) is 0.115. The highest BCUT2D eigenvalue weighted by atomic mass is 32.2. The number of H-pyrrole nitrogens is 2. The number of nitrogens with zero attached hydrogens (tertiary/aromatic N) is 1. The van der Waals surface area contributed by atoms with Crippen molar-refractivity contribution in [2.45, 2.75) is 10.9 Å². The Bertz CT molecular complexity index is 1240. The first-order valence-electron chi connectivity index (χ1n) is 10.3. The summed E-state index contributed by atoms with van der Waals surface area (Å²) in [5, 5.41) is 2.10. The molecule has 3 aromatic carbocycles. The second-order valence-electron chi connectivity index (χ2n) is 7.39. The summed E-state index contributed by atoms with van der Waals surface area (Å²) < 4.78 is 10.6. The van der Waals surface area contributed by atoms with Gasteiger partial charge in [-0.25, -0.2) is 4.98 Å². The van der Waals surface area contributed by atoms with Crippen molar-refractivity contribution in [2.75, 3.05) is 14.2 Å². The number of rotatable bonds is 7. The zero-order valence-corrected chi connectivity index (χ0v) is 18.7. The Morgan fingerprint density at radius 3 is 2.09 bits per heavy atom. The Morgan fingerprint density at radius 1 is 0.781 bits per heavy atom. The first kappa shape index (κ1) is 20.3. The van der Waals surface area contributed by atoms with E-state index in [-0.39, 0.29) is 0 Å². The number of thioether (sulfide) groups is 1. The molecule has 160 valence electrons. The van der Waals surface area contributed by atoms with Crippen LogP contribution in [0, 0.1) is 0 Å². The lowest BCUT2D eigenvalue weighted by atomic mass is 10.0. The average Bonchev–Trinajstić information content (AvgIpc) is 3.47. The van der Waals surface area contributed by atoms with Gasteiger partial charge in [0.15, 0.2) is 5.16 Å². The number of para-hydroxylation sites is 1. The van der Waals surface area contributed by atoms with Crippen molar-refractivity contribution < 1.29 is 9.47 Å². The summed E-state index contributed by atoms with van der Waals surface area (Å²) >= 11 is 1.68. The first-order chi connectivity index (χ1) is 15.7.